The van der Waals surface area contributed by atoms with Crippen LogP contribution in [0.25, 0.3) is 0 Å². The molecule has 1 unspecified atom stereocenters. The van der Waals surface area contributed by atoms with Crippen LogP contribution in [0.15, 0.2) is 18.3 Å². The summed E-state index contributed by atoms with van der Waals surface area (Å²) >= 11 is 0. The monoisotopic (exact) mass is 263 g/mol. The normalized spacial score (nSPS) is 17.3. The van der Waals surface area contributed by atoms with Gasteiger partial charge in [0.25, 0.3) is 0 Å². The number of carbonyl (C=O) groups is 1. The molecular weight excluding hydrogens is 242 g/mol. The lowest BCUT2D eigenvalue weighted by Gasteiger charge is -2.21. The first-order valence-electron chi connectivity index (χ1n) is 6.81. The molecule has 0 bridgehead atoms. The molecule has 1 fully saturated rings. The molecule has 1 saturated heterocycles. The maximum Gasteiger partial charge on any atom is 0.356 e. The zero-order valence-corrected chi connectivity index (χ0v) is 11.3. The summed E-state index contributed by atoms with van der Waals surface area (Å²) in [5.74, 6) is -0.504. The molecule has 1 aromatic heterocycles. The van der Waals surface area contributed by atoms with Crippen LogP contribution in [0.5, 0.6) is 0 Å². The molecule has 1 aromatic rings. The van der Waals surface area contributed by atoms with Crippen LogP contribution in [0.2, 0.25) is 0 Å². The number of nitrogens with zero attached hydrogens (tertiary/aromatic N) is 2. The number of aromatic carboxylic acids is 1. The highest BCUT2D eigenvalue weighted by Crippen LogP contribution is 2.14. The van der Waals surface area contributed by atoms with Crippen molar-refractivity contribution in [1.29, 1.82) is 0 Å². The SMILES string of the molecule is CC(CNc1cccnc1C(=O)O)CN1CCCC1. The quantitative estimate of drug-likeness (QED) is 0.821. The number of aromatic nitrogens is 1. The summed E-state index contributed by atoms with van der Waals surface area (Å²) in [6.45, 7) is 6.40. The van der Waals surface area contributed by atoms with Gasteiger partial charge in [-0.25, -0.2) is 9.78 Å². The maximum absolute atomic E-state index is 11.0. The van der Waals surface area contributed by atoms with Crippen molar-refractivity contribution < 1.29 is 9.90 Å². The highest BCUT2D eigenvalue weighted by atomic mass is 16.4. The van der Waals surface area contributed by atoms with E-state index in [9.17, 15) is 4.79 Å². The van der Waals surface area contributed by atoms with Crippen molar-refractivity contribution in [2.45, 2.75) is 19.8 Å². The fraction of sp³-hybridized carbons (Fsp3) is 0.571. The molecule has 2 N–H and O–H groups in total. The standard InChI is InChI=1S/C14H21N3O2/c1-11(10-17-7-2-3-8-17)9-16-12-5-4-6-15-13(12)14(18)19/h4-6,11,16H,2-3,7-10H2,1H3,(H,18,19). The lowest BCUT2D eigenvalue weighted by Crippen LogP contribution is -2.29. The topological polar surface area (TPSA) is 65.5 Å². The number of likely N-dealkylation sites (tertiary alicyclic amines) is 1. The minimum Gasteiger partial charge on any atom is -0.476 e. The molecular formula is C14H21N3O2. The summed E-state index contributed by atoms with van der Waals surface area (Å²) in [6.07, 6.45) is 4.10. The number of rotatable bonds is 6. The Labute approximate surface area is 113 Å². The van der Waals surface area contributed by atoms with Crippen LogP contribution in [0.3, 0.4) is 0 Å². The predicted molar refractivity (Wildman–Crippen MR) is 74.5 cm³/mol. The molecule has 1 aliphatic rings. The second-order valence-corrected chi connectivity index (χ2v) is 5.20. The highest BCUT2D eigenvalue weighted by molar-refractivity contribution is 5.91. The Hall–Kier alpha value is -1.62. The molecule has 2 rings (SSSR count). The molecule has 1 atom stereocenters. The molecule has 1 aliphatic heterocycles. The van der Waals surface area contributed by atoms with Crippen molar-refractivity contribution in [3.8, 4) is 0 Å². The summed E-state index contributed by atoms with van der Waals surface area (Å²) in [4.78, 5) is 17.4. The summed E-state index contributed by atoms with van der Waals surface area (Å²) in [7, 11) is 0. The number of hydrogen-bond acceptors (Lipinski definition) is 4. The lowest BCUT2D eigenvalue weighted by atomic mass is 10.1. The Morgan fingerprint density at radius 2 is 2.26 bits per heavy atom. The van der Waals surface area contributed by atoms with Gasteiger partial charge in [0.05, 0.1) is 5.69 Å². The largest absolute Gasteiger partial charge is 0.476 e. The highest BCUT2D eigenvalue weighted by Gasteiger charge is 2.15. The van der Waals surface area contributed by atoms with Gasteiger partial charge in [-0.1, -0.05) is 6.92 Å². The summed E-state index contributed by atoms with van der Waals surface area (Å²) in [6, 6.07) is 3.51. The maximum atomic E-state index is 11.0. The van der Waals surface area contributed by atoms with Gasteiger partial charge in [-0.2, -0.15) is 0 Å². The van der Waals surface area contributed by atoms with Crippen LogP contribution in [0.1, 0.15) is 30.3 Å². The molecule has 0 amide bonds. The van der Waals surface area contributed by atoms with Gasteiger partial charge in [-0.05, 0) is 44.0 Å². The number of carboxylic acid groups (broad SMARTS) is 1. The van der Waals surface area contributed by atoms with Gasteiger partial charge in [0.1, 0.15) is 0 Å². The molecule has 0 aliphatic carbocycles. The van der Waals surface area contributed by atoms with Crippen molar-refractivity contribution in [3.05, 3.63) is 24.0 Å². The molecule has 2 heterocycles. The number of hydrogen-bond donors (Lipinski definition) is 2. The van der Waals surface area contributed by atoms with Gasteiger partial charge in [0.15, 0.2) is 5.69 Å². The fourth-order valence-corrected chi connectivity index (χ4v) is 2.47. The number of pyridine rings is 1. The summed E-state index contributed by atoms with van der Waals surface area (Å²) < 4.78 is 0. The molecule has 0 aromatic carbocycles. The van der Waals surface area contributed by atoms with Crippen LogP contribution in [-0.4, -0.2) is 47.1 Å². The van der Waals surface area contributed by atoms with Crippen LogP contribution in [0.4, 0.5) is 5.69 Å². The number of nitrogens with one attached hydrogen (secondary N) is 1. The summed E-state index contributed by atoms with van der Waals surface area (Å²) in [5, 5.41) is 12.2. The van der Waals surface area contributed by atoms with Gasteiger partial charge in [0, 0.05) is 19.3 Å². The Balaban J connectivity index is 1.85. The average molecular weight is 263 g/mol. The van der Waals surface area contributed by atoms with Crippen molar-refractivity contribution >= 4 is 11.7 Å². The van der Waals surface area contributed by atoms with E-state index in [0.717, 1.165) is 13.1 Å². The van der Waals surface area contributed by atoms with E-state index < -0.39 is 5.97 Å². The smallest absolute Gasteiger partial charge is 0.356 e. The van der Waals surface area contributed by atoms with Gasteiger partial charge < -0.3 is 15.3 Å². The molecule has 0 radical (unpaired) electrons. The second kappa shape index (κ2) is 6.52. The Bertz CT molecular complexity index is 430. The van der Waals surface area contributed by atoms with E-state index in [1.54, 1.807) is 12.1 Å². The third kappa shape index (κ3) is 3.92. The Morgan fingerprint density at radius 1 is 1.53 bits per heavy atom. The molecule has 0 spiro atoms. The Kier molecular flexibility index (Phi) is 4.74. The fourth-order valence-electron chi connectivity index (χ4n) is 2.47. The molecule has 104 valence electrons. The molecule has 0 saturated carbocycles. The number of carboxylic acids is 1. The van der Waals surface area contributed by atoms with E-state index in [0.29, 0.717) is 11.6 Å². The van der Waals surface area contributed by atoms with Crippen molar-refractivity contribution in [2.24, 2.45) is 5.92 Å². The predicted octanol–water partition coefficient (Wildman–Crippen LogP) is 1.92. The van der Waals surface area contributed by atoms with Gasteiger partial charge in [-0.15, -0.1) is 0 Å². The molecule has 5 nitrogen and oxygen atoms in total. The lowest BCUT2D eigenvalue weighted by molar-refractivity contribution is 0.0691. The Morgan fingerprint density at radius 3 is 2.95 bits per heavy atom. The van der Waals surface area contributed by atoms with E-state index in [-0.39, 0.29) is 5.69 Å². The number of anilines is 1. The zero-order chi connectivity index (χ0) is 13.7. The van der Waals surface area contributed by atoms with Crippen LogP contribution in [-0.2, 0) is 0 Å². The first-order valence-corrected chi connectivity index (χ1v) is 6.81. The average Bonchev–Trinajstić information content (AvgIpc) is 2.89. The molecule has 19 heavy (non-hydrogen) atoms. The van der Waals surface area contributed by atoms with Crippen LogP contribution < -0.4 is 5.32 Å². The first-order chi connectivity index (χ1) is 9.16. The third-order valence-corrected chi connectivity index (χ3v) is 3.42. The third-order valence-electron chi connectivity index (χ3n) is 3.42. The first kappa shape index (κ1) is 13.8. The van der Waals surface area contributed by atoms with E-state index in [1.165, 1.54) is 32.1 Å². The van der Waals surface area contributed by atoms with Gasteiger partial charge in [0.2, 0.25) is 0 Å². The van der Waals surface area contributed by atoms with Gasteiger partial charge >= 0.3 is 5.97 Å². The van der Waals surface area contributed by atoms with Crippen LogP contribution >= 0.6 is 0 Å². The minimum absolute atomic E-state index is 0.0934. The van der Waals surface area contributed by atoms with E-state index >= 15 is 0 Å². The minimum atomic E-state index is -0.990. The van der Waals surface area contributed by atoms with Crippen molar-refractivity contribution in [3.63, 3.8) is 0 Å². The van der Waals surface area contributed by atoms with Gasteiger partial charge in [-0.3, -0.25) is 0 Å². The van der Waals surface area contributed by atoms with Crippen molar-refractivity contribution in [1.82, 2.24) is 9.88 Å². The summed E-state index contributed by atoms with van der Waals surface area (Å²) in [5.41, 5.74) is 0.694. The molecule has 5 heteroatoms. The van der Waals surface area contributed by atoms with Crippen molar-refractivity contribution in [2.75, 3.05) is 31.5 Å². The van der Waals surface area contributed by atoms with Crippen LogP contribution in [0, 0.1) is 5.92 Å². The van der Waals surface area contributed by atoms with E-state index in [2.05, 4.69) is 22.1 Å². The van der Waals surface area contributed by atoms with E-state index in [1.807, 2.05) is 0 Å². The zero-order valence-electron chi connectivity index (χ0n) is 11.3. The second-order valence-electron chi connectivity index (χ2n) is 5.20. The van der Waals surface area contributed by atoms with E-state index in [4.69, 9.17) is 5.11 Å².